The molecule has 4 nitrogen and oxygen atoms in total. The van der Waals surface area contributed by atoms with Gasteiger partial charge < -0.3 is 15.8 Å². The van der Waals surface area contributed by atoms with E-state index in [1.54, 1.807) is 0 Å². The summed E-state index contributed by atoms with van der Waals surface area (Å²) in [6.45, 7) is 5.03. The van der Waals surface area contributed by atoms with Gasteiger partial charge in [-0.2, -0.15) is 0 Å². The second-order valence-electron chi connectivity index (χ2n) is 2.28. The maximum absolute atomic E-state index is 10.0. The van der Waals surface area contributed by atoms with Gasteiger partial charge >= 0.3 is 6.09 Å². The molecule has 0 radical (unpaired) electrons. The van der Waals surface area contributed by atoms with Gasteiger partial charge in [0, 0.05) is 12.6 Å². The first kappa shape index (κ1) is 9.23. The molecule has 0 saturated heterocycles. The molecule has 4 heteroatoms. The Hall–Kier alpha value is -0.770. The Morgan fingerprint density at radius 3 is 2.70 bits per heavy atom. The van der Waals surface area contributed by atoms with Gasteiger partial charge in [-0.1, -0.05) is 13.8 Å². The summed E-state index contributed by atoms with van der Waals surface area (Å²) < 4.78 is 4.47. The van der Waals surface area contributed by atoms with Crippen LogP contribution in [0, 0.1) is 0 Å². The number of hydrogen-bond donors (Lipinski definition) is 2. The summed E-state index contributed by atoms with van der Waals surface area (Å²) in [4.78, 5) is 10.0. The van der Waals surface area contributed by atoms with Gasteiger partial charge in [0.05, 0.1) is 0 Å². The molecule has 0 saturated carbocycles. The molecule has 1 amide bonds. The average Bonchev–Trinajstić information content (AvgIpc) is 1.79. The van der Waals surface area contributed by atoms with Crippen molar-refractivity contribution in [1.29, 1.82) is 0 Å². The van der Waals surface area contributed by atoms with E-state index in [1.807, 2.05) is 13.8 Å². The Bertz CT molecular complexity index is 104. The van der Waals surface area contributed by atoms with Gasteiger partial charge in [-0.25, -0.2) is 4.79 Å². The maximum atomic E-state index is 10.0. The van der Waals surface area contributed by atoms with Crippen LogP contribution in [0.2, 0.25) is 0 Å². The minimum absolute atomic E-state index is 0.341. The number of ether oxygens (including phenoxy) is 1. The van der Waals surface area contributed by atoms with Crippen molar-refractivity contribution in [1.82, 2.24) is 5.32 Å². The van der Waals surface area contributed by atoms with E-state index in [9.17, 15) is 4.79 Å². The molecule has 0 aliphatic rings. The number of nitrogens with one attached hydrogen (secondary N) is 1. The van der Waals surface area contributed by atoms with E-state index in [0.717, 1.165) is 0 Å². The third-order valence-corrected chi connectivity index (χ3v) is 0.899. The number of primary amides is 1. The highest BCUT2D eigenvalue weighted by atomic mass is 16.5. The van der Waals surface area contributed by atoms with Gasteiger partial charge in [-0.05, 0) is 0 Å². The van der Waals surface area contributed by atoms with E-state index in [1.165, 1.54) is 0 Å². The highest BCUT2D eigenvalue weighted by Crippen LogP contribution is 1.76. The van der Waals surface area contributed by atoms with E-state index >= 15 is 0 Å². The maximum Gasteiger partial charge on any atom is 0.404 e. The monoisotopic (exact) mass is 146 g/mol. The molecule has 0 bridgehead atoms. The predicted octanol–water partition coefficient (Wildman–Crippen LogP) is 0.0797. The fourth-order valence-corrected chi connectivity index (χ4v) is 0.499. The lowest BCUT2D eigenvalue weighted by atomic mass is 10.4. The Kier molecular flexibility index (Phi) is 4.66. The molecule has 0 aromatic heterocycles. The number of hydrogen-bond acceptors (Lipinski definition) is 3. The van der Waals surface area contributed by atoms with Crippen LogP contribution in [0.1, 0.15) is 13.8 Å². The first-order valence-electron chi connectivity index (χ1n) is 3.28. The number of carbonyl (C=O) groups is 1. The van der Waals surface area contributed by atoms with Gasteiger partial charge in [0.1, 0.15) is 6.61 Å². The first-order chi connectivity index (χ1) is 4.63. The van der Waals surface area contributed by atoms with Crippen molar-refractivity contribution in [2.24, 2.45) is 5.73 Å². The standard InChI is InChI=1S/C6H14N2O2/c1-5(2)8-3-4-10-6(7)9/h5,8H,3-4H2,1-2H3,(H2,7,9). The predicted molar refractivity (Wildman–Crippen MR) is 38.7 cm³/mol. The van der Waals surface area contributed by atoms with Gasteiger partial charge in [0.15, 0.2) is 0 Å². The Balaban J connectivity index is 2.98. The molecule has 0 aliphatic carbocycles. The third kappa shape index (κ3) is 7.23. The van der Waals surface area contributed by atoms with Crippen LogP contribution in [0.4, 0.5) is 4.79 Å². The van der Waals surface area contributed by atoms with E-state index < -0.39 is 6.09 Å². The normalized spacial score (nSPS) is 9.90. The van der Waals surface area contributed by atoms with Crippen LogP contribution in [0.5, 0.6) is 0 Å². The SMILES string of the molecule is CC(C)NCCOC(N)=O. The van der Waals surface area contributed by atoms with Crippen LogP contribution >= 0.6 is 0 Å². The molecule has 0 aliphatic heterocycles. The van der Waals surface area contributed by atoms with Crippen LogP contribution in [-0.4, -0.2) is 25.3 Å². The molecular weight excluding hydrogens is 132 g/mol. The average molecular weight is 146 g/mol. The summed E-state index contributed by atoms with van der Waals surface area (Å²) in [5.41, 5.74) is 4.72. The number of carbonyl (C=O) groups excluding carboxylic acids is 1. The lowest BCUT2D eigenvalue weighted by Gasteiger charge is -2.06. The van der Waals surface area contributed by atoms with Crippen LogP contribution < -0.4 is 11.1 Å². The molecule has 60 valence electrons. The molecule has 0 unspecified atom stereocenters. The van der Waals surface area contributed by atoms with Gasteiger partial charge in [0.25, 0.3) is 0 Å². The van der Waals surface area contributed by atoms with Crippen molar-refractivity contribution in [2.45, 2.75) is 19.9 Å². The molecule has 3 N–H and O–H groups in total. The van der Waals surface area contributed by atoms with Crippen molar-refractivity contribution in [3.63, 3.8) is 0 Å². The molecular formula is C6H14N2O2. The summed E-state index contributed by atoms with van der Waals surface area (Å²) in [7, 11) is 0. The van der Waals surface area contributed by atoms with Gasteiger partial charge in [0.2, 0.25) is 0 Å². The lowest BCUT2D eigenvalue weighted by Crippen LogP contribution is -2.28. The number of nitrogens with two attached hydrogens (primary N) is 1. The molecule has 0 rings (SSSR count). The zero-order chi connectivity index (χ0) is 7.98. The molecule has 0 aromatic rings. The minimum atomic E-state index is -0.717. The van der Waals surface area contributed by atoms with Crippen LogP contribution in [0.3, 0.4) is 0 Å². The van der Waals surface area contributed by atoms with Crippen molar-refractivity contribution >= 4 is 6.09 Å². The highest BCUT2D eigenvalue weighted by Gasteiger charge is 1.93. The Labute approximate surface area is 60.7 Å². The van der Waals surface area contributed by atoms with E-state index in [2.05, 4.69) is 10.1 Å². The Morgan fingerprint density at radius 2 is 2.30 bits per heavy atom. The molecule has 0 aromatic carbocycles. The number of rotatable bonds is 4. The fourth-order valence-electron chi connectivity index (χ4n) is 0.499. The Morgan fingerprint density at radius 1 is 1.70 bits per heavy atom. The third-order valence-electron chi connectivity index (χ3n) is 0.899. The zero-order valence-corrected chi connectivity index (χ0v) is 6.39. The molecule has 0 atom stereocenters. The van der Waals surface area contributed by atoms with Crippen LogP contribution in [-0.2, 0) is 4.74 Å². The largest absolute Gasteiger partial charge is 0.448 e. The number of amides is 1. The summed E-state index contributed by atoms with van der Waals surface area (Å²) in [5.74, 6) is 0. The van der Waals surface area contributed by atoms with Gasteiger partial charge in [-0.3, -0.25) is 0 Å². The van der Waals surface area contributed by atoms with E-state index in [0.29, 0.717) is 19.2 Å². The summed E-state index contributed by atoms with van der Waals surface area (Å²) in [6.07, 6.45) is -0.717. The summed E-state index contributed by atoms with van der Waals surface area (Å²) in [6, 6.07) is 0.413. The van der Waals surface area contributed by atoms with E-state index in [4.69, 9.17) is 5.73 Å². The molecule has 10 heavy (non-hydrogen) atoms. The zero-order valence-electron chi connectivity index (χ0n) is 6.39. The highest BCUT2D eigenvalue weighted by molar-refractivity contribution is 5.64. The smallest absolute Gasteiger partial charge is 0.404 e. The summed E-state index contributed by atoms with van der Waals surface area (Å²) >= 11 is 0. The second kappa shape index (κ2) is 5.05. The quantitative estimate of drug-likeness (QED) is 0.552. The van der Waals surface area contributed by atoms with Crippen LogP contribution in [0.25, 0.3) is 0 Å². The van der Waals surface area contributed by atoms with Crippen molar-refractivity contribution in [2.75, 3.05) is 13.2 Å². The minimum Gasteiger partial charge on any atom is -0.448 e. The topological polar surface area (TPSA) is 64.3 Å². The van der Waals surface area contributed by atoms with Crippen molar-refractivity contribution in [3.05, 3.63) is 0 Å². The fraction of sp³-hybridized carbons (Fsp3) is 0.833. The summed E-state index contributed by atoms with van der Waals surface area (Å²) in [5, 5.41) is 3.07. The van der Waals surface area contributed by atoms with Crippen LogP contribution in [0.15, 0.2) is 0 Å². The van der Waals surface area contributed by atoms with E-state index in [-0.39, 0.29) is 0 Å². The van der Waals surface area contributed by atoms with Gasteiger partial charge in [-0.15, -0.1) is 0 Å². The lowest BCUT2D eigenvalue weighted by molar-refractivity contribution is 0.156. The molecule has 0 spiro atoms. The van der Waals surface area contributed by atoms with Crippen molar-refractivity contribution in [3.8, 4) is 0 Å². The molecule has 0 fully saturated rings. The van der Waals surface area contributed by atoms with Crippen molar-refractivity contribution < 1.29 is 9.53 Å². The second-order valence-corrected chi connectivity index (χ2v) is 2.28. The first-order valence-corrected chi connectivity index (χ1v) is 3.28. The molecule has 0 heterocycles.